The number of methoxy groups -OCH3 is 1. The summed E-state index contributed by atoms with van der Waals surface area (Å²) in [4.78, 5) is 14.0. The van der Waals surface area contributed by atoms with Gasteiger partial charge in [-0.15, -0.1) is 0 Å². The van der Waals surface area contributed by atoms with Crippen molar-refractivity contribution >= 4 is 5.82 Å². The fourth-order valence-corrected chi connectivity index (χ4v) is 3.90. The third kappa shape index (κ3) is 2.73. The Morgan fingerprint density at radius 2 is 1.96 bits per heavy atom. The first-order chi connectivity index (χ1) is 11.8. The molecule has 0 bridgehead atoms. The minimum Gasteiger partial charge on any atom is -0.497 e. The van der Waals surface area contributed by atoms with Gasteiger partial charge in [-0.2, -0.15) is 0 Å². The van der Waals surface area contributed by atoms with Crippen molar-refractivity contribution < 1.29 is 4.74 Å². The van der Waals surface area contributed by atoms with Crippen molar-refractivity contribution in [3.8, 4) is 5.75 Å². The summed E-state index contributed by atoms with van der Waals surface area (Å²) >= 11 is 0. The first-order valence-corrected chi connectivity index (χ1v) is 8.68. The number of hydrogen-bond acceptors (Lipinski definition) is 5. The number of aromatic nitrogens is 2. The number of benzene rings is 1. The highest BCUT2D eigenvalue weighted by Gasteiger charge is 2.30. The molecule has 1 unspecified atom stereocenters. The number of anilines is 1. The lowest BCUT2D eigenvalue weighted by molar-refractivity contribution is 0.309. The van der Waals surface area contributed by atoms with Gasteiger partial charge in [0, 0.05) is 31.6 Å². The molecule has 126 valence electrons. The molecule has 4 rings (SSSR count). The second-order valence-corrected chi connectivity index (χ2v) is 6.73. The smallest absolute Gasteiger partial charge is 0.137 e. The van der Waals surface area contributed by atoms with Gasteiger partial charge in [-0.05, 0) is 37.6 Å². The maximum absolute atomic E-state index is 5.29. The zero-order chi connectivity index (χ0) is 16.5. The number of hydrogen-bond donors (Lipinski definition) is 0. The zero-order valence-electron chi connectivity index (χ0n) is 14.4. The summed E-state index contributed by atoms with van der Waals surface area (Å²) in [6.07, 6.45) is 5.12. The average molecular weight is 324 g/mol. The van der Waals surface area contributed by atoms with Gasteiger partial charge in [0.2, 0.25) is 0 Å². The standard InChI is InChI=1S/C19H24N4O/c1-22-11-9-17-16(12-22)19(21-13-20-17)23-10-3-4-18(23)14-5-7-15(24-2)8-6-14/h5-8,13,18H,3-4,9-12H2,1-2H3. The van der Waals surface area contributed by atoms with Crippen LogP contribution in [-0.2, 0) is 13.0 Å². The Morgan fingerprint density at radius 1 is 1.12 bits per heavy atom. The van der Waals surface area contributed by atoms with Crippen molar-refractivity contribution in [3.05, 3.63) is 47.4 Å². The normalized spacial score (nSPS) is 20.9. The van der Waals surface area contributed by atoms with Crippen LogP contribution < -0.4 is 9.64 Å². The molecule has 0 saturated carbocycles. The number of likely N-dealkylation sites (N-methyl/N-ethyl adjacent to an activating group) is 1. The van der Waals surface area contributed by atoms with E-state index in [1.165, 1.54) is 29.7 Å². The monoisotopic (exact) mass is 324 g/mol. The van der Waals surface area contributed by atoms with E-state index in [0.717, 1.165) is 37.6 Å². The Bertz CT molecular complexity index is 716. The van der Waals surface area contributed by atoms with Crippen LogP contribution in [0.1, 0.15) is 35.7 Å². The molecule has 2 aliphatic heterocycles. The molecule has 1 aromatic carbocycles. The highest BCUT2D eigenvalue weighted by molar-refractivity contribution is 5.52. The number of ether oxygens (including phenoxy) is 1. The van der Waals surface area contributed by atoms with Gasteiger partial charge in [0.05, 0.1) is 18.8 Å². The molecule has 0 amide bonds. The summed E-state index contributed by atoms with van der Waals surface area (Å²) in [7, 11) is 3.88. The highest BCUT2D eigenvalue weighted by Crippen LogP contribution is 2.38. The van der Waals surface area contributed by atoms with Crippen molar-refractivity contribution in [1.82, 2.24) is 14.9 Å². The largest absolute Gasteiger partial charge is 0.497 e. The van der Waals surface area contributed by atoms with Crippen LogP contribution in [0.5, 0.6) is 5.75 Å². The lowest BCUT2D eigenvalue weighted by atomic mass is 10.0. The highest BCUT2D eigenvalue weighted by atomic mass is 16.5. The van der Waals surface area contributed by atoms with Gasteiger partial charge in [0.15, 0.2) is 0 Å². The summed E-state index contributed by atoms with van der Waals surface area (Å²) < 4.78 is 5.29. The lowest BCUT2D eigenvalue weighted by Crippen LogP contribution is -2.32. The van der Waals surface area contributed by atoms with Crippen LogP contribution in [0.4, 0.5) is 5.82 Å². The van der Waals surface area contributed by atoms with E-state index in [1.807, 2.05) is 0 Å². The number of fused-ring (bicyclic) bond motifs is 1. The van der Waals surface area contributed by atoms with E-state index >= 15 is 0 Å². The Balaban J connectivity index is 1.68. The second-order valence-electron chi connectivity index (χ2n) is 6.73. The molecule has 5 nitrogen and oxygen atoms in total. The number of nitrogens with zero attached hydrogens (tertiary/aromatic N) is 4. The van der Waals surface area contributed by atoms with E-state index in [-0.39, 0.29) is 0 Å². The molecule has 24 heavy (non-hydrogen) atoms. The summed E-state index contributed by atoms with van der Waals surface area (Å²) in [5.74, 6) is 2.04. The van der Waals surface area contributed by atoms with Crippen molar-refractivity contribution in [3.63, 3.8) is 0 Å². The molecular formula is C19H24N4O. The Labute approximate surface area is 143 Å². The molecule has 1 aromatic heterocycles. The molecule has 1 saturated heterocycles. The SMILES string of the molecule is COc1ccc(C2CCCN2c2ncnc3c2CN(C)CC3)cc1. The van der Waals surface area contributed by atoms with Gasteiger partial charge >= 0.3 is 0 Å². The maximum Gasteiger partial charge on any atom is 0.137 e. The Morgan fingerprint density at radius 3 is 2.75 bits per heavy atom. The van der Waals surface area contributed by atoms with Crippen LogP contribution in [-0.4, -0.2) is 42.1 Å². The van der Waals surface area contributed by atoms with Crippen LogP contribution in [0.15, 0.2) is 30.6 Å². The third-order valence-corrected chi connectivity index (χ3v) is 5.20. The maximum atomic E-state index is 5.29. The first-order valence-electron chi connectivity index (χ1n) is 8.68. The van der Waals surface area contributed by atoms with Gasteiger partial charge in [-0.25, -0.2) is 9.97 Å². The minimum atomic E-state index is 0.391. The predicted octanol–water partition coefficient (Wildman–Crippen LogP) is 2.81. The van der Waals surface area contributed by atoms with Crippen LogP contribution >= 0.6 is 0 Å². The average Bonchev–Trinajstić information content (AvgIpc) is 3.10. The van der Waals surface area contributed by atoms with E-state index in [9.17, 15) is 0 Å². The van der Waals surface area contributed by atoms with Crippen molar-refractivity contribution in [2.75, 3.05) is 32.1 Å². The molecule has 3 heterocycles. The fraction of sp³-hybridized carbons (Fsp3) is 0.474. The van der Waals surface area contributed by atoms with Crippen molar-refractivity contribution in [1.29, 1.82) is 0 Å². The predicted molar refractivity (Wildman–Crippen MR) is 94.4 cm³/mol. The summed E-state index contributed by atoms with van der Waals surface area (Å²) in [6.45, 7) is 3.08. The molecule has 5 heteroatoms. The molecule has 1 atom stereocenters. The van der Waals surface area contributed by atoms with Gasteiger partial charge in [0.25, 0.3) is 0 Å². The molecule has 1 fully saturated rings. The van der Waals surface area contributed by atoms with Gasteiger partial charge in [-0.3, -0.25) is 0 Å². The zero-order valence-corrected chi connectivity index (χ0v) is 14.4. The van der Waals surface area contributed by atoms with Crippen molar-refractivity contribution in [2.45, 2.75) is 31.8 Å². The van der Waals surface area contributed by atoms with Crippen LogP contribution in [0.2, 0.25) is 0 Å². The summed E-state index contributed by atoms with van der Waals surface area (Å²) in [5.41, 5.74) is 3.87. The summed E-state index contributed by atoms with van der Waals surface area (Å²) in [5, 5.41) is 0. The first kappa shape index (κ1) is 15.4. The third-order valence-electron chi connectivity index (χ3n) is 5.20. The fourth-order valence-electron chi connectivity index (χ4n) is 3.90. The van der Waals surface area contributed by atoms with Crippen molar-refractivity contribution in [2.24, 2.45) is 0 Å². The van der Waals surface area contributed by atoms with E-state index in [1.54, 1.807) is 13.4 Å². The van der Waals surface area contributed by atoms with E-state index in [2.05, 4.69) is 51.1 Å². The molecule has 0 radical (unpaired) electrons. The molecule has 2 aromatic rings. The van der Waals surface area contributed by atoms with E-state index < -0.39 is 0 Å². The molecule has 0 spiro atoms. The molecular weight excluding hydrogens is 300 g/mol. The summed E-state index contributed by atoms with van der Waals surface area (Å²) in [6, 6.07) is 8.86. The lowest BCUT2D eigenvalue weighted by Gasteiger charge is -2.32. The van der Waals surface area contributed by atoms with Crippen LogP contribution in [0, 0.1) is 0 Å². The Hall–Kier alpha value is -2.14. The topological polar surface area (TPSA) is 41.5 Å². The Kier molecular flexibility index (Phi) is 4.10. The minimum absolute atomic E-state index is 0.391. The number of rotatable bonds is 3. The second kappa shape index (κ2) is 6.40. The van der Waals surface area contributed by atoms with E-state index in [0.29, 0.717) is 6.04 Å². The van der Waals surface area contributed by atoms with Crippen LogP contribution in [0.25, 0.3) is 0 Å². The van der Waals surface area contributed by atoms with Crippen LogP contribution in [0.3, 0.4) is 0 Å². The van der Waals surface area contributed by atoms with Gasteiger partial charge in [0.1, 0.15) is 17.9 Å². The molecule has 0 N–H and O–H groups in total. The molecule has 0 aliphatic carbocycles. The van der Waals surface area contributed by atoms with Gasteiger partial charge < -0.3 is 14.5 Å². The molecule has 2 aliphatic rings. The van der Waals surface area contributed by atoms with E-state index in [4.69, 9.17) is 4.74 Å². The van der Waals surface area contributed by atoms with Gasteiger partial charge in [-0.1, -0.05) is 12.1 Å². The quantitative estimate of drug-likeness (QED) is 0.868.